The Bertz CT molecular complexity index is 576. The maximum absolute atomic E-state index is 6.40. The molecule has 0 spiro atoms. The highest BCUT2D eigenvalue weighted by Crippen LogP contribution is 2.23. The summed E-state index contributed by atoms with van der Waals surface area (Å²) in [4.78, 5) is 0. The Balaban J connectivity index is 2.07. The number of halogens is 2. The number of hydrogen-bond donors (Lipinski definition) is 1. The third-order valence-corrected chi connectivity index (χ3v) is 4.12. The highest BCUT2D eigenvalue weighted by Gasteiger charge is 2.13. The molecule has 0 aliphatic rings. The molecule has 0 saturated carbocycles. The van der Waals surface area contributed by atoms with Crippen molar-refractivity contribution in [1.29, 1.82) is 0 Å². The third kappa shape index (κ3) is 3.92. The van der Waals surface area contributed by atoms with Crippen LogP contribution in [-0.4, -0.2) is 15.7 Å². The molecule has 0 aliphatic heterocycles. The monoisotopic (exact) mass is 325 g/mol. The van der Waals surface area contributed by atoms with E-state index in [4.69, 9.17) is 23.2 Å². The van der Waals surface area contributed by atoms with Crippen molar-refractivity contribution >= 4 is 28.9 Å². The second-order valence-electron chi connectivity index (χ2n) is 4.87. The van der Waals surface area contributed by atoms with Crippen LogP contribution in [0.5, 0.6) is 0 Å². The number of nitrogens with zero attached hydrogens (tertiary/aromatic N) is 2. The summed E-state index contributed by atoms with van der Waals surface area (Å²) in [5.74, 6) is 0.651. The van der Waals surface area contributed by atoms with Gasteiger partial charge in [-0.1, -0.05) is 30.7 Å². The van der Waals surface area contributed by atoms with E-state index in [2.05, 4.69) is 48.5 Å². The molecule has 0 unspecified atom stereocenters. The van der Waals surface area contributed by atoms with Crippen molar-refractivity contribution in [2.75, 3.05) is 11.2 Å². The van der Waals surface area contributed by atoms with Gasteiger partial charge in [0.15, 0.2) is 0 Å². The molecule has 0 saturated heterocycles. The molecule has 0 fully saturated rings. The molecule has 1 N–H and O–H groups in total. The standard InChI is InChI=1S/C16H21Cl2N3/c1-3-14-16(18)15(21(4-2)20-14)11-19-13-7-5-12(6-8-13)9-10-17/h5-8,19H,3-4,9-11H2,1-2H3. The number of aromatic nitrogens is 2. The Kier molecular flexibility index (Phi) is 5.95. The van der Waals surface area contributed by atoms with Gasteiger partial charge in [0.25, 0.3) is 0 Å². The highest BCUT2D eigenvalue weighted by atomic mass is 35.5. The second-order valence-corrected chi connectivity index (χ2v) is 5.62. The summed E-state index contributed by atoms with van der Waals surface area (Å²) < 4.78 is 1.97. The van der Waals surface area contributed by atoms with Crippen LogP contribution in [0, 0.1) is 0 Å². The van der Waals surface area contributed by atoms with Crippen LogP contribution in [0.15, 0.2) is 24.3 Å². The molecule has 1 aromatic carbocycles. The number of aryl methyl sites for hydroxylation is 3. The van der Waals surface area contributed by atoms with Crippen molar-refractivity contribution in [2.24, 2.45) is 0 Å². The van der Waals surface area contributed by atoms with E-state index in [9.17, 15) is 0 Å². The molecule has 1 heterocycles. The number of alkyl halides is 1. The molecule has 0 amide bonds. The topological polar surface area (TPSA) is 29.9 Å². The number of anilines is 1. The smallest absolute Gasteiger partial charge is 0.0868 e. The zero-order chi connectivity index (χ0) is 15.2. The summed E-state index contributed by atoms with van der Waals surface area (Å²) in [6, 6.07) is 8.34. The average molecular weight is 326 g/mol. The van der Waals surface area contributed by atoms with E-state index in [1.54, 1.807) is 0 Å². The van der Waals surface area contributed by atoms with Crippen molar-refractivity contribution in [3.8, 4) is 0 Å². The highest BCUT2D eigenvalue weighted by molar-refractivity contribution is 6.31. The molecule has 2 rings (SSSR count). The Morgan fingerprint density at radius 1 is 1.19 bits per heavy atom. The first-order chi connectivity index (χ1) is 10.2. The summed E-state index contributed by atoms with van der Waals surface area (Å²) in [7, 11) is 0. The molecule has 114 valence electrons. The van der Waals surface area contributed by atoms with E-state index in [-0.39, 0.29) is 0 Å². The molecule has 0 bridgehead atoms. The van der Waals surface area contributed by atoms with Gasteiger partial charge in [0, 0.05) is 18.1 Å². The number of benzene rings is 1. The Labute approximate surface area is 136 Å². The van der Waals surface area contributed by atoms with Gasteiger partial charge in [0.2, 0.25) is 0 Å². The fourth-order valence-electron chi connectivity index (χ4n) is 2.27. The number of nitrogens with one attached hydrogen (secondary N) is 1. The zero-order valence-electron chi connectivity index (χ0n) is 12.5. The van der Waals surface area contributed by atoms with Crippen LogP contribution in [0.2, 0.25) is 5.02 Å². The number of rotatable bonds is 7. The van der Waals surface area contributed by atoms with E-state index in [1.807, 2.05) is 4.68 Å². The van der Waals surface area contributed by atoms with E-state index in [1.165, 1.54) is 5.56 Å². The zero-order valence-corrected chi connectivity index (χ0v) is 14.0. The van der Waals surface area contributed by atoms with Crippen molar-refractivity contribution in [1.82, 2.24) is 9.78 Å². The van der Waals surface area contributed by atoms with E-state index in [0.717, 1.165) is 41.5 Å². The van der Waals surface area contributed by atoms with E-state index in [0.29, 0.717) is 12.4 Å². The lowest BCUT2D eigenvalue weighted by atomic mass is 10.1. The lowest BCUT2D eigenvalue weighted by Gasteiger charge is -2.09. The summed E-state index contributed by atoms with van der Waals surface area (Å²) in [6.07, 6.45) is 1.75. The van der Waals surface area contributed by atoms with Gasteiger partial charge < -0.3 is 5.32 Å². The number of hydrogen-bond acceptors (Lipinski definition) is 2. The minimum absolute atomic E-state index is 0.651. The minimum atomic E-state index is 0.651. The fourth-order valence-corrected chi connectivity index (χ4v) is 2.82. The first kappa shape index (κ1) is 16.2. The predicted octanol–water partition coefficient (Wildman–Crippen LogP) is 4.51. The first-order valence-electron chi connectivity index (χ1n) is 7.32. The van der Waals surface area contributed by atoms with Crippen molar-refractivity contribution in [3.05, 3.63) is 46.2 Å². The van der Waals surface area contributed by atoms with E-state index < -0.39 is 0 Å². The van der Waals surface area contributed by atoms with Gasteiger partial charge in [0.05, 0.1) is 23.0 Å². The minimum Gasteiger partial charge on any atom is -0.379 e. The molecule has 0 radical (unpaired) electrons. The predicted molar refractivity (Wildman–Crippen MR) is 90.5 cm³/mol. The Hall–Kier alpha value is -1.19. The molecule has 5 heteroatoms. The maximum Gasteiger partial charge on any atom is 0.0868 e. The Morgan fingerprint density at radius 3 is 2.48 bits per heavy atom. The van der Waals surface area contributed by atoms with Crippen molar-refractivity contribution in [2.45, 2.75) is 39.8 Å². The fraction of sp³-hybridized carbons (Fsp3) is 0.438. The summed E-state index contributed by atoms with van der Waals surface area (Å²) in [6.45, 7) is 5.65. The quantitative estimate of drug-likeness (QED) is 0.759. The summed E-state index contributed by atoms with van der Waals surface area (Å²) >= 11 is 12.1. The molecule has 0 aliphatic carbocycles. The van der Waals surface area contributed by atoms with Crippen molar-refractivity contribution in [3.63, 3.8) is 0 Å². The largest absolute Gasteiger partial charge is 0.379 e. The lowest BCUT2D eigenvalue weighted by Crippen LogP contribution is -2.08. The van der Waals surface area contributed by atoms with Gasteiger partial charge in [-0.2, -0.15) is 5.10 Å². The second kappa shape index (κ2) is 7.71. The van der Waals surface area contributed by atoms with Gasteiger partial charge in [-0.3, -0.25) is 4.68 Å². The Morgan fingerprint density at radius 2 is 1.90 bits per heavy atom. The molecule has 21 heavy (non-hydrogen) atoms. The van der Waals surface area contributed by atoms with Gasteiger partial charge in [-0.05, 0) is 37.5 Å². The van der Waals surface area contributed by atoms with Crippen molar-refractivity contribution < 1.29 is 0 Å². The molecule has 3 nitrogen and oxygen atoms in total. The molecule has 0 atom stereocenters. The lowest BCUT2D eigenvalue weighted by molar-refractivity contribution is 0.619. The average Bonchev–Trinajstić information content (AvgIpc) is 2.82. The molecular weight excluding hydrogens is 305 g/mol. The van der Waals surface area contributed by atoms with Gasteiger partial charge in [-0.15, -0.1) is 11.6 Å². The SMILES string of the molecule is CCc1nn(CC)c(CNc2ccc(CCCl)cc2)c1Cl. The van der Waals surface area contributed by atoms with Crippen LogP contribution in [-0.2, 0) is 25.9 Å². The van der Waals surface area contributed by atoms with Crippen LogP contribution < -0.4 is 5.32 Å². The summed E-state index contributed by atoms with van der Waals surface area (Å²) in [5.41, 5.74) is 4.33. The van der Waals surface area contributed by atoms with Crippen LogP contribution in [0.3, 0.4) is 0 Å². The van der Waals surface area contributed by atoms with Crippen LogP contribution >= 0.6 is 23.2 Å². The molecule has 1 aromatic heterocycles. The van der Waals surface area contributed by atoms with E-state index >= 15 is 0 Å². The third-order valence-electron chi connectivity index (χ3n) is 3.49. The van der Waals surface area contributed by atoms with Crippen LogP contribution in [0.1, 0.15) is 30.8 Å². The van der Waals surface area contributed by atoms with Gasteiger partial charge in [-0.25, -0.2) is 0 Å². The molecule has 2 aromatic rings. The maximum atomic E-state index is 6.40. The normalized spacial score (nSPS) is 10.9. The molecular formula is C16H21Cl2N3. The summed E-state index contributed by atoms with van der Waals surface area (Å²) in [5, 5.41) is 8.72. The van der Waals surface area contributed by atoms with Crippen LogP contribution in [0.25, 0.3) is 0 Å². The van der Waals surface area contributed by atoms with Gasteiger partial charge in [0.1, 0.15) is 0 Å². The van der Waals surface area contributed by atoms with Gasteiger partial charge >= 0.3 is 0 Å². The van der Waals surface area contributed by atoms with Crippen LogP contribution in [0.4, 0.5) is 5.69 Å². The first-order valence-corrected chi connectivity index (χ1v) is 8.23.